The highest BCUT2D eigenvalue weighted by Crippen LogP contribution is 2.37. The topological polar surface area (TPSA) is 42.7 Å². The molecule has 4 rings (SSSR count). The van der Waals surface area contributed by atoms with Gasteiger partial charge in [-0.2, -0.15) is 0 Å². The first-order valence-corrected chi connectivity index (χ1v) is 11.4. The predicted octanol–water partition coefficient (Wildman–Crippen LogP) is 6.71. The number of hydrogen-bond acceptors (Lipinski definition) is 5. The Bertz CT molecular complexity index is 1150. The van der Waals surface area contributed by atoms with Crippen LogP contribution < -0.4 is 4.74 Å². The molecule has 2 aromatic carbocycles. The maximum Gasteiger partial charge on any atom is 0.266 e. The van der Waals surface area contributed by atoms with Gasteiger partial charge in [0.25, 0.3) is 5.91 Å². The molecule has 1 saturated heterocycles. The van der Waals surface area contributed by atoms with Gasteiger partial charge >= 0.3 is 0 Å². The largest absolute Gasteiger partial charge is 0.497 e. The quantitative estimate of drug-likeness (QED) is 0.284. The van der Waals surface area contributed by atoms with Crippen molar-refractivity contribution in [1.82, 2.24) is 4.90 Å². The normalized spacial score (nSPS) is 15.2. The van der Waals surface area contributed by atoms with Crippen molar-refractivity contribution in [3.63, 3.8) is 0 Å². The summed E-state index contributed by atoms with van der Waals surface area (Å²) in [5, 5.41) is 0.997. The molecule has 4 nitrogen and oxygen atoms in total. The highest BCUT2D eigenvalue weighted by atomic mass is 35.5. The van der Waals surface area contributed by atoms with Crippen LogP contribution in [0.4, 0.5) is 0 Å². The van der Waals surface area contributed by atoms with Crippen molar-refractivity contribution in [2.45, 2.75) is 6.42 Å². The van der Waals surface area contributed by atoms with Crippen molar-refractivity contribution < 1.29 is 13.9 Å². The van der Waals surface area contributed by atoms with Crippen molar-refractivity contribution in [2.24, 2.45) is 0 Å². The second-order valence-corrected chi connectivity index (χ2v) is 9.22. The van der Waals surface area contributed by atoms with E-state index in [1.165, 1.54) is 11.8 Å². The number of thioether (sulfide) groups is 1. The maximum absolute atomic E-state index is 12.9. The number of carbonyl (C=O) groups is 1. The van der Waals surface area contributed by atoms with Crippen LogP contribution in [-0.2, 0) is 11.2 Å². The first-order valence-electron chi connectivity index (χ1n) is 9.39. The molecule has 0 saturated carbocycles. The molecule has 8 heteroatoms. The number of halogens is 2. The number of rotatable bonds is 6. The van der Waals surface area contributed by atoms with Gasteiger partial charge in [0, 0.05) is 12.6 Å². The number of thiocarbonyl (C=S) groups is 1. The minimum atomic E-state index is -0.128. The average molecular weight is 490 g/mol. The zero-order valence-electron chi connectivity index (χ0n) is 16.4. The third kappa shape index (κ3) is 4.83. The number of ether oxygens (including phenoxy) is 1. The number of nitrogens with zero attached hydrogens (tertiary/aromatic N) is 1. The van der Waals surface area contributed by atoms with Crippen LogP contribution in [0.5, 0.6) is 5.75 Å². The maximum atomic E-state index is 12.9. The Morgan fingerprint density at radius 3 is 2.48 bits per heavy atom. The second-order valence-electron chi connectivity index (χ2n) is 6.73. The Kier molecular flexibility index (Phi) is 6.72. The van der Waals surface area contributed by atoms with Crippen LogP contribution in [0, 0.1) is 0 Å². The summed E-state index contributed by atoms with van der Waals surface area (Å²) < 4.78 is 11.6. The molecule has 1 aromatic heterocycles. The summed E-state index contributed by atoms with van der Waals surface area (Å²) in [4.78, 5) is 15.0. The van der Waals surface area contributed by atoms with Gasteiger partial charge in [-0.1, -0.05) is 65.4 Å². The van der Waals surface area contributed by atoms with Gasteiger partial charge < -0.3 is 9.15 Å². The Morgan fingerprint density at radius 1 is 1.10 bits per heavy atom. The van der Waals surface area contributed by atoms with Gasteiger partial charge in [0.2, 0.25) is 0 Å². The zero-order valence-corrected chi connectivity index (χ0v) is 19.6. The Morgan fingerprint density at radius 2 is 1.81 bits per heavy atom. The first kappa shape index (κ1) is 22.0. The van der Waals surface area contributed by atoms with E-state index in [2.05, 4.69) is 0 Å². The highest BCUT2D eigenvalue weighted by Gasteiger charge is 2.32. The molecule has 2 heterocycles. The molecule has 0 spiro atoms. The number of methoxy groups -OCH3 is 1. The molecular formula is C23H17Cl2NO3S2. The molecular weight excluding hydrogens is 473 g/mol. The summed E-state index contributed by atoms with van der Waals surface area (Å²) >= 11 is 19.2. The summed E-state index contributed by atoms with van der Waals surface area (Å²) in [6, 6.07) is 16.6. The number of furan rings is 1. The third-order valence-electron chi connectivity index (χ3n) is 4.77. The van der Waals surface area contributed by atoms with Crippen LogP contribution in [-0.4, -0.2) is 28.8 Å². The van der Waals surface area contributed by atoms with Crippen LogP contribution in [0.15, 0.2) is 63.9 Å². The molecule has 0 N–H and O–H groups in total. The van der Waals surface area contributed by atoms with E-state index in [0.717, 1.165) is 11.3 Å². The van der Waals surface area contributed by atoms with E-state index in [1.54, 1.807) is 48.4 Å². The SMILES string of the molecule is COc1ccc(CCN2C(=O)C(=Cc3ccc(-c4c(Cl)cccc4Cl)o3)SC2=S)cc1. The molecule has 158 valence electrons. The first-order chi connectivity index (χ1) is 15.0. The van der Waals surface area contributed by atoms with Crippen LogP contribution in [0.25, 0.3) is 17.4 Å². The summed E-state index contributed by atoms with van der Waals surface area (Å²) in [6.07, 6.45) is 2.39. The summed E-state index contributed by atoms with van der Waals surface area (Å²) in [5.41, 5.74) is 1.73. The van der Waals surface area contributed by atoms with Crippen LogP contribution in [0.1, 0.15) is 11.3 Å². The Balaban J connectivity index is 1.47. The van der Waals surface area contributed by atoms with Crippen molar-refractivity contribution in [3.05, 3.63) is 80.9 Å². The van der Waals surface area contributed by atoms with E-state index in [9.17, 15) is 4.79 Å². The molecule has 31 heavy (non-hydrogen) atoms. The lowest BCUT2D eigenvalue weighted by Gasteiger charge is -2.14. The van der Waals surface area contributed by atoms with Gasteiger partial charge in [-0.15, -0.1) is 0 Å². The second kappa shape index (κ2) is 9.49. The van der Waals surface area contributed by atoms with E-state index in [0.29, 0.717) is 49.3 Å². The van der Waals surface area contributed by atoms with E-state index in [4.69, 9.17) is 44.6 Å². The molecule has 1 aliphatic rings. The molecule has 1 aliphatic heterocycles. The molecule has 0 atom stereocenters. The van der Waals surface area contributed by atoms with Crippen molar-refractivity contribution in [3.8, 4) is 17.1 Å². The standard InChI is InChI=1S/C23H17Cl2NO3S2/c1-28-15-7-5-14(6-8-15)11-12-26-22(27)20(31-23(26)30)13-16-9-10-19(29-16)21-17(24)3-2-4-18(21)25/h2-10,13H,11-12H2,1H3. The lowest BCUT2D eigenvalue weighted by molar-refractivity contribution is -0.122. The van der Waals surface area contributed by atoms with E-state index >= 15 is 0 Å². The van der Waals surface area contributed by atoms with Crippen molar-refractivity contribution in [2.75, 3.05) is 13.7 Å². The van der Waals surface area contributed by atoms with Crippen molar-refractivity contribution in [1.29, 1.82) is 0 Å². The lowest BCUT2D eigenvalue weighted by Crippen LogP contribution is -2.30. The third-order valence-corrected chi connectivity index (χ3v) is 6.77. The number of hydrogen-bond donors (Lipinski definition) is 0. The molecule has 0 unspecified atom stereocenters. The molecule has 1 amide bonds. The van der Waals surface area contributed by atoms with E-state index in [-0.39, 0.29) is 5.91 Å². The van der Waals surface area contributed by atoms with Crippen LogP contribution in [0.3, 0.4) is 0 Å². The molecule has 0 radical (unpaired) electrons. The number of amides is 1. The van der Waals surface area contributed by atoms with Gasteiger partial charge in [0.1, 0.15) is 21.6 Å². The minimum absolute atomic E-state index is 0.128. The predicted molar refractivity (Wildman–Crippen MR) is 131 cm³/mol. The van der Waals surface area contributed by atoms with E-state index < -0.39 is 0 Å². The molecule has 0 bridgehead atoms. The van der Waals surface area contributed by atoms with Crippen LogP contribution in [0.2, 0.25) is 10.0 Å². The van der Waals surface area contributed by atoms with Gasteiger partial charge in [-0.05, 0) is 48.4 Å². The van der Waals surface area contributed by atoms with Gasteiger partial charge in [-0.3, -0.25) is 9.69 Å². The summed E-state index contributed by atoms with van der Waals surface area (Å²) in [7, 11) is 1.63. The van der Waals surface area contributed by atoms with Gasteiger partial charge in [-0.25, -0.2) is 0 Å². The smallest absolute Gasteiger partial charge is 0.266 e. The van der Waals surface area contributed by atoms with Crippen molar-refractivity contribution >= 4 is 63.5 Å². The number of carbonyl (C=O) groups excluding carboxylic acids is 1. The fourth-order valence-corrected chi connectivity index (χ4v) is 5.03. The summed E-state index contributed by atoms with van der Waals surface area (Å²) in [6.45, 7) is 0.507. The fraction of sp³-hybridized carbons (Fsp3) is 0.130. The molecule has 1 fully saturated rings. The Hall–Kier alpha value is -2.25. The molecule has 3 aromatic rings. The average Bonchev–Trinajstić information content (AvgIpc) is 3.31. The zero-order chi connectivity index (χ0) is 22.0. The van der Waals surface area contributed by atoms with Crippen LogP contribution >= 0.6 is 47.2 Å². The Labute approximate surface area is 199 Å². The van der Waals surface area contributed by atoms with E-state index in [1.807, 2.05) is 24.3 Å². The van der Waals surface area contributed by atoms with Gasteiger partial charge in [0.05, 0.1) is 27.6 Å². The van der Waals surface area contributed by atoms with Gasteiger partial charge in [0.15, 0.2) is 0 Å². The monoisotopic (exact) mass is 489 g/mol. The lowest BCUT2D eigenvalue weighted by atomic mass is 10.1. The fourth-order valence-electron chi connectivity index (χ4n) is 3.15. The highest BCUT2D eigenvalue weighted by molar-refractivity contribution is 8.26. The number of benzene rings is 2. The summed E-state index contributed by atoms with van der Waals surface area (Å²) in [5.74, 6) is 1.74. The minimum Gasteiger partial charge on any atom is -0.497 e. The molecule has 0 aliphatic carbocycles.